The van der Waals surface area contributed by atoms with E-state index in [-0.39, 0.29) is 22.3 Å². The normalized spacial score (nSPS) is 10.7. The first-order chi connectivity index (χ1) is 19.5. The summed E-state index contributed by atoms with van der Waals surface area (Å²) in [6.07, 6.45) is 0. The van der Waals surface area contributed by atoms with Crippen LogP contribution in [0.1, 0.15) is 27.7 Å². The van der Waals surface area contributed by atoms with Crippen molar-refractivity contribution < 1.29 is 55.7 Å². The van der Waals surface area contributed by atoms with Gasteiger partial charge in [-0.2, -0.15) is 0 Å². The fourth-order valence-electron chi connectivity index (χ4n) is 3.37. The number of carbonyl (C=O) groups excluding carboxylic acids is 4. The Kier molecular flexibility index (Phi) is 8.70. The summed E-state index contributed by atoms with van der Waals surface area (Å²) in [5, 5.41) is -3.54. The third kappa shape index (κ3) is 5.78. The lowest BCUT2D eigenvalue weighted by Crippen LogP contribution is -2.15. The molecule has 0 aliphatic heterocycles. The highest BCUT2D eigenvalue weighted by Gasteiger charge is 2.31. The first-order valence-corrected chi connectivity index (χ1v) is 11.8. The molecule has 0 aliphatic carbocycles. The first-order valence-electron chi connectivity index (χ1n) is 11.8. The van der Waals surface area contributed by atoms with Crippen LogP contribution in [0.3, 0.4) is 0 Å². The van der Waals surface area contributed by atoms with E-state index in [1.165, 1.54) is 27.7 Å². The molecular formula is C30H22F4O8. The third-order valence-corrected chi connectivity index (χ3v) is 5.49. The van der Waals surface area contributed by atoms with Crippen LogP contribution in [-0.2, 0) is 19.2 Å². The van der Waals surface area contributed by atoms with Crippen LogP contribution in [0.25, 0.3) is 21.5 Å². The van der Waals surface area contributed by atoms with Gasteiger partial charge in [0.25, 0.3) is 0 Å². The molecular weight excluding hydrogens is 564 g/mol. The number of carbonyl (C=O) groups is 4. The standard InChI is InChI=1S/C30H22F4O8/c1-11(2)27(35)39-17-9-15-16-10-18(40-28(36)12(3)4)26(42-30(38)14(7)8)24(34)20(16)22(32)21(31)19(15)23(33)25(17)41-29(37)13(5)6/h9-10H,1,3,5,7H2,2,4,6,8H3. The molecule has 42 heavy (non-hydrogen) atoms. The number of esters is 4. The summed E-state index contributed by atoms with van der Waals surface area (Å²) >= 11 is 0. The molecule has 0 atom stereocenters. The molecule has 0 unspecified atom stereocenters. The second-order valence-corrected chi connectivity index (χ2v) is 9.19. The van der Waals surface area contributed by atoms with Crippen LogP contribution in [0.15, 0.2) is 60.7 Å². The van der Waals surface area contributed by atoms with Gasteiger partial charge in [-0.3, -0.25) is 0 Å². The van der Waals surface area contributed by atoms with Crippen LogP contribution >= 0.6 is 0 Å². The lowest BCUT2D eigenvalue weighted by Gasteiger charge is -2.18. The molecule has 0 aliphatic rings. The predicted molar refractivity (Wildman–Crippen MR) is 143 cm³/mol. The Morgan fingerprint density at radius 2 is 0.762 bits per heavy atom. The van der Waals surface area contributed by atoms with Gasteiger partial charge in [-0.1, -0.05) is 26.3 Å². The first kappa shape index (κ1) is 31.3. The van der Waals surface area contributed by atoms with Gasteiger partial charge in [0, 0.05) is 22.3 Å². The van der Waals surface area contributed by atoms with Crippen LogP contribution in [-0.4, -0.2) is 23.9 Å². The Hall–Kier alpha value is -5.26. The van der Waals surface area contributed by atoms with Crippen molar-refractivity contribution in [1.82, 2.24) is 0 Å². The van der Waals surface area contributed by atoms with Crippen LogP contribution in [0.4, 0.5) is 17.6 Å². The number of fused-ring (bicyclic) bond motifs is 3. The zero-order chi connectivity index (χ0) is 31.8. The molecule has 0 heterocycles. The Morgan fingerprint density at radius 1 is 0.500 bits per heavy atom. The fraction of sp³-hybridized carbons (Fsp3) is 0.133. The van der Waals surface area contributed by atoms with Gasteiger partial charge in [0.05, 0.1) is 10.8 Å². The van der Waals surface area contributed by atoms with Crippen molar-refractivity contribution in [3.05, 3.63) is 84.0 Å². The summed E-state index contributed by atoms with van der Waals surface area (Å²) in [6, 6.07) is 1.54. The number of ether oxygens (including phenoxy) is 4. The van der Waals surface area contributed by atoms with Gasteiger partial charge in [-0.15, -0.1) is 0 Å². The SMILES string of the molecule is C=C(C)C(=O)Oc1cc2c(c(F)c1OC(=O)C(=C)C)c(F)c(F)c1c(F)c(OC(=O)C(=C)C)c(OC(=O)C(=C)C)cc12. The van der Waals surface area contributed by atoms with Crippen LogP contribution in [0, 0.1) is 23.3 Å². The molecule has 0 amide bonds. The van der Waals surface area contributed by atoms with Crippen molar-refractivity contribution in [2.24, 2.45) is 0 Å². The second kappa shape index (κ2) is 11.7. The van der Waals surface area contributed by atoms with Crippen molar-refractivity contribution in [1.29, 1.82) is 0 Å². The quantitative estimate of drug-likeness (QED) is 0.0972. The molecule has 3 aromatic carbocycles. The Morgan fingerprint density at radius 3 is 1.02 bits per heavy atom. The molecule has 0 N–H and O–H groups in total. The average molecular weight is 586 g/mol. The highest BCUT2D eigenvalue weighted by atomic mass is 19.2. The summed E-state index contributed by atoms with van der Waals surface area (Å²) in [6.45, 7) is 18.4. The van der Waals surface area contributed by atoms with Gasteiger partial charge in [-0.05, 0) is 50.6 Å². The summed E-state index contributed by atoms with van der Waals surface area (Å²) in [7, 11) is 0. The summed E-state index contributed by atoms with van der Waals surface area (Å²) in [5.41, 5.74) is -0.793. The van der Waals surface area contributed by atoms with Crippen LogP contribution < -0.4 is 18.9 Å². The summed E-state index contributed by atoms with van der Waals surface area (Å²) < 4.78 is 82.5. The monoisotopic (exact) mass is 586 g/mol. The number of rotatable bonds is 8. The fourth-order valence-corrected chi connectivity index (χ4v) is 3.37. The molecule has 3 rings (SSSR count). The molecule has 0 saturated carbocycles. The second-order valence-electron chi connectivity index (χ2n) is 9.19. The van der Waals surface area contributed by atoms with E-state index in [2.05, 4.69) is 26.3 Å². The summed E-state index contributed by atoms with van der Waals surface area (Å²) in [4.78, 5) is 49.0. The zero-order valence-electron chi connectivity index (χ0n) is 22.8. The minimum absolute atomic E-state index is 0.174. The van der Waals surface area contributed by atoms with Gasteiger partial charge < -0.3 is 18.9 Å². The van der Waals surface area contributed by atoms with E-state index < -0.39 is 91.7 Å². The number of hydrogen-bond donors (Lipinski definition) is 0. The van der Waals surface area contributed by atoms with E-state index in [0.717, 1.165) is 12.1 Å². The van der Waals surface area contributed by atoms with Crippen molar-refractivity contribution in [3.8, 4) is 23.0 Å². The topological polar surface area (TPSA) is 105 Å². The highest BCUT2D eigenvalue weighted by Crippen LogP contribution is 2.46. The lowest BCUT2D eigenvalue weighted by molar-refractivity contribution is -0.132. The van der Waals surface area contributed by atoms with Gasteiger partial charge in [0.1, 0.15) is 0 Å². The van der Waals surface area contributed by atoms with E-state index in [4.69, 9.17) is 18.9 Å². The predicted octanol–water partition coefficient (Wildman–Crippen LogP) is 6.48. The minimum Gasteiger partial charge on any atom is -0.419 e. The molecule has 3 aromatic rings. The smallest absolute Gasteiger partial charge is 0.338 e. The van der Waals surface area contributed by atoms with Crippen LogP contribution in [0.2, 0.25) is 0 Å². The van der Waals surface area contributed by atoms with Gasteiger partial charge in [0.15, 0.2) is 34.8 Å². The molecule has 218 valence electrons. The van der Waals surface area contributed by atoms with E-state index in [0.29, 0.717) is 0 Å². The van der Waals surface area contributed by atoms with Gasteiger partial charge in [-0.25, -0.2) is 36.7 Å². The Labute approximate surface area is 236 Å². The number of hydrogen-bond acceptors (Lipinski definition) is 8. The molecule has 0 saturated heterocycles. The third-order valence-electron chi connectivity index (χ3n) is 5.49. The molecule has 0 bridgehead atoms. The summed E-state index contributed by atoms with van der Waals surface area (Å²) in [5.74, 6) is -15.7. The highest BCUT2D eigenvalue weighted by molar-refractivity contribution is 6.11. The van der Waals surface area contributed by atoms with Crippen molar-refractivity contribution in [2.75, 3.05) is 0 Å². The Bertz CT molecular complexity index is 1670. The van der Waals surface area contributed by atoms with Crippen molar-refractivity contribution in [3.63, 3.8) is 0 Å². The maximum absolute atomic E-state index is 15.8. The molecule has 8 nitrogen and oxygen atoms in total. The maximum Gasteiger partial charge on any atom is 0.338 e. The maximum atomic E-state index is 15.8. The van der Waals surface area contributed by atoms with Crippen molar-refractivity contribution >= 4 is 45.4 Å². The molecule has 0 spiro atoms. The largest absolute Gasteiger partial charge is 0.419 e. The van der Waals surface area contributed by atoms with Gasteiger partial charge in [0.2, 0.25) is 11.5 Å². The van der Waals surface area contributed by atoms with Gasteiger partial charge >= 0.3 is 23.9 Å². The molecule has 0 fully saturated rings. The van der Waals surface area contributed by atoms with Crippen molar-refractivity contribution in [2.45, 2.75) is 27.7 Å². The minimum atomic E-state index is -1.94. The average Bonchev–Trinajstić information content (AvgIpc) is 2.90. The zero-order valence-corrected chi connectivity index (χ0v) is 22.8. The van der Waals surface area contributed by atoms with E-state index in [1.54, 1.807) is 0 Å². The molecule has 0 aromatic heterocycles. The molecule has 0 radical (unpaired) electrons. The lowest BCUT2D eigenvalue weighted by atomic mass is 9.98. The van der Waals surface area contributed by atoms with Crippen LogP contribution in [0.5, 0.6) is 23.0 Å². The number of halogens is 4. The van der Waals surface area contributed by atoms with E-state index >= 15 is 17.6 Å². The van der Waals surface area contributed by atoms with E-state index in [9.17, 15) is 19.2 Å². The molecule has 12 heteroatoms. The van der Waals surface area contributed by atoms with E-state index in [1.807, 2.05) is 0 Å². The Balaban J connectivity index is 2.55. The number of benzene rings is 3.